The van der Waals surface area contributed by atoms with E-state index >= 15 is 0 Å². The molecule has 196 valence electrons. The highest BCUT2D eigenvalue weighted by atomic mass is 32.2. The van der Waals surface area contributed by atoms with Gasteiger partial charge in [0.15, 0.2) is 0 Å². The molecule has 4 rings (SSSR count). The van der Waals surface area contributed by atoms with E-state index in [0.717, 1.165) is 33.4 Å². The van der Waals surface area contributed by atoms with E-state index in [2.05, 4.69) is 5.32 Å². The predicted octanol–water partition coefficient (Wildman–Crippen LogP) is 6.36. The minimum atomic E-state index is -1.04. The van der Waals surface area contributed by atoms with Crippen LogP contribution >= 0.6 is 11.8 Å². The zero-order valence-corrected chi connectivity index (χ0v) is 22.3. The summed E-state index contributed by atoms with van der Waals surface area (Å²) in [6, 6.07) is 24.2. The third-order valence-corrected chi connectivity index (χ3v) is 6.98. The zero-order valence-electron chi connectivity index (χ0n) is 21.5. The maximum atomic E-state index is 13.7. The first-order valence-corrected chi connectivity index (χ1v) is 13.8. The number of aryl methyl sites for hydroxylation is 1. The van der Waals surface area contributed by atoms with Gasteiger partial charge in [0, 0.05) is 11.6 Å². The van der Waals surface area contributed by atoms with Gasteiger partial charge in [-0.3, -0.25) is 4.79 Å². The van der Waals surface area contributed by atoms with E-state index in [1.165, 1.54) is 0 Å². The maximum Gasteiger partial charge on any atom is 0.326 e. The molecule has 1 amide bonds. The second-order valence-electron chi connectivity index (χ2n) is 9.01. The fourth-order valence-corrected chi connectivity index (χ4v) is 4.78. The Labute approximate surface area is 227 Å². The number of thioether (sulfide) groups is 1. The van der Waals surface area contributed by atoms with Gasteiger partial charge in [0.25, 0.3) is 11.9 Å². The first-order valence-electron chi connectivity index (χ1n) is 12.4. The molecule has 6 nitrogen and oxygen atoms in total. The van der Waals surface area contributed by atoms with Gasteiger partial charge in [0.2, 0.25) is 0 Å². The van der Waals surface area contributed by atoms with Crippen LogP contribution in [0.5, 0.6) is 5.95 Å². The first-order chi connectivity index (χ1) is 18.5. The molecule has 3 aromatic carbocycles. The summed E-state index contributed by atoms with van der Waals surface area (Å²) in [4.78, 5) is 25.6. The molecule has 38 heavy (non-hydrogen) atoms. The number of amides is 1. The first kappa shape index (κ1) is 27.1. The molecule has 0 aliphatic carbocycles. The molecule has 4 aromatic rings. The summed E-state index contributed by atoms with van der Waals surface area (Å²) in [7, 11) is 0. The second-order valence-corrected chi connectivity index (χ2v) is 10.00. The third kappa shape index (κ3) is 6.86. The van der Waals surface area contributed by atoms with Crippen molar-refractivity contribution >= 4 is 23.6 Å². The van der Waals surface area contributed by atoms with Crippen LogP contribution in [-0.4, -0.2) is 35.0 Å². The molecule has 1 aromatic heterocycles. The molecular weight excluding hydrogens is 498 g/mol. The molecular formula is C31H31NO5S. The number of furan rings is 1. The molecule has 1 atom stereocenters. The van der Waals surface area contributed by atoms with Gasteiger partial charge in [-0.05, 0) is 83.4 Å². The Balaban J connectivity index is 1.80. The number of nitrogens with one attached hydrogen (secondary N) is 1. The number of carboxylic acid groups (broad SMARTS) is 1. The average Bonchev–Trinajstić information content (AvgIpc) is 3.44. The molecule has 7 heteroatoms. The standard InChI is InChI=1S/C31H31NO5S/c1-21-9-6-7-12-25(21)26-19-24(20-37-29-13-8-15-36-29)23(17-22-10-4-3-5-11-22)18-27(26)30(33)32-28(31(34)35)14-16-38-2/h3-13,15,18-19,28H,14,16-17,20H2,1-2H3,(H,32,33)(H,34,35). The van der Waals surface area contributed by atoms with E-state index in [1.54, 1.807) is 30.2 Å². The Hall–Kier alpha value is -3.97. The van der Waals surface area contributed by atoms with Gasteiger partial charge >= 0.3 is 5.97 Å². The maximum absolute atomic E-state index is 13.7. The van der Waals surface area contributed by atoms with Crippen LogP contribution in [0.3, 0.4) is 0 Å². The summed E-state index contributed by atoms with van der Waals surface area (Å²) in [6.07, 6.45) is 4.40. The molecule has 0 radical (unpaired) electrons. The SMILES string of the molecule is CSCCC(NC(=O)c1cc(Cc2ccccc2)c(COc2ccco2)cc1-c1ccccc1C)C(=O)O. The predicted molar refractivity (Wildman–Crippen MR) is 151 cm³/mol. The summed E-state index contributed by atoms with van der Waals surface area (Å²) in [5, 5.41) is 12.5. The lowest BCUT2D eigenvalue weighted by atomic mass is 9.89. The largest absolute Gasteiger partial charge is 0.480 e. The fourth-order valence-electron chi connectivity index (χ4n) is 4.31. The summed E-state index contributed by atoms with van der Waals surface area (Å²) in [5.74, 6) is -0.417. The van der Waals surface area contributed by atoms with E-state index in [4.69, 9.17) is 9.15 Å². The quantitative estimate of drug-likeness (QED) is 0.222. The van der Waals surface area contributed by atoms with Crippen LogP contribution in [0.2, 0.25) is 0 Å². The number of carbonyl (C=O) groups is 2. The molecule has 0 aliphatic rings. The van der Waals surface area contributed by atoms with Crippen molar-refractivity contribution in [2.24, 2.45) is 0 Å². The van der Waals surface area contributed by atoms with Crippen LogP contribution in [-0.2, 0) is 17.8 Å². The average molecular weight is 530 g/mol. The van der Waals surface area contributed by atoms with Gasteiger partial charge in [-0.25, -0.2) is 4.79 Å². The minimum absolute atomic E-state index is 0.252. The van der Waals surface area contributed by atoms with Crippen molar-refractivity contribution in [2.45, 2.75) is 32.4 Å². The Bertz CT molecular complexity index is 1370. The Morgan fingerprint density at radius 2 is 1.74 bits per heavy atom. The molecule has 2 N–H and O–H groups in total. The minimum Gasteiger partial charge on any atom is -0.480 e. The summed E-state index contributed by atoms with van der Waals surface area (Å²) < 4.78 is 11.3. The lowest BCUT2D eigenvalue weighted by molar-refractivity contribution is -0.139. The van der Waals surface area contributed by atoms with Crippen LogP contribution in [0.15, 0.2) is 89.5 Å². The van der Waals surface area contributed by atoms with Crippen molar-refractivity contribution in [1.82, 2.24) is 5.32 Å². The highest BCUT2D eigenvalue weighted by molar-refractivity contribution is 7.98. The van der Waals surface area contributed by atoms with Crippen molar-refractivity contribution in [3.63, 3.8) is 0 Å². The highest BCUT2D eigenvalue weighted by Crippen LogP contribution is 2.32. The molecule has 1 heterocycles. The summed E-state index contributed by atoms with van der Waals surface area (Å²) >= 11 is 1.55. The van der Waals surface area contributed by atoms with Crippen LogP contribution in [0.4, 0.5) is 0 Å². The lowest BCUT2D eigenvalue weighted by Crippen LogP contribution is -2.41. The van der Waals surface area contributed by atoms with E-state index in [9.17, 15) is 14.7 Å². The van der Waals surface area contributed by atoms with E-state index < -0.39 is 17.9 Å². The molecule has 0 fully saturated rings. The Morgan fingerprint density at radius 1 is 0.974 bits per heavy atom. The smallest absolute Gasteiger partial charge is 0.326 e. The molecule has 0 spiro atoms. The normalized spacial score (nSPS) is 11.6. The van der Waals surface area contributed by atoms with E-state index in [1.807, 2.05) is 79.9 Å². The van der Waals surface area contributed by atoms with Gasteiger partial charge in [0.1, 0.15) is 12.6 Å². The topological polar surface area (TPSA) is 88.8 Å². The number of hydrogen-bond acceptors (Lipinski definition) is 5. The van der Waals surface area contributed by atoms with E-state index in [-0.39, 0.29) is 6.61 Å². The van der Waals surface area contributed by atoms with Crippen LogP contribution < -0.4 is 10.1 Å². The lowest BCUT2D eigenvalue weighted by Gasteiger charge is -2.20. The van der Waals surface area contributed by atoms with Crippen molar-refractivity contribution in [3.05, 3.63) is 113 Å². The van der Waals surface area contributed by atoms with Crippen molar-refractivity contribution in [2.75, 3.05) is 12.0 Å². The number of aliphatic carboxylic acids is 1. The third-order valence-electron chi connectivity index (χ3n) is 6.34. The highest BCUT2D eigenvalue weighted by Gasteiger charge is 2.24. The number of hydrogen-bond donors (Lipinski definition) is 2. The Kier molecular flexibility index (Phi) is 9.27. The molecule has 0 saturated heterocycles. The van der Waals surface area contributed by atoms with E-state index in [0.29, 0.717) is 30.1 Å². The van der Waals surface area contributed by atoms with Crippen LogP contribution in [0.25, 0.3) is 11.1 Å². The molecule has 1 unspecified atom stereocenters. The van der Waals surface area contributed by atoms with Crippen molar-refractivity contribution < 1.29 is 23.8 Å². The zero-order chi connectivity index (χ0) is 26.9. The Morgan fingerprint density at radius 3 is 2.42 bits per heavy atom. The van der Waals surface area contributed by atoms with Gasteiger partial charge in [0.05, 0.1) is 6.26 Å². The van der Waals surface area contributed by atoms with Crippen molar-refractivity contribution in [1.29, 1.82) is 0 Å². The fraction of sp³-hybridized carbons (Fsp3) is 0.226. The van der Waals surface area contributed by atoms with Gasteiger partial charge in [-0.1, -0.05) is 54.6 Å². The summed E-state index contributed by atoms with van der Waals surface area (Å²) in [5.41, 5.74) is 5.99. The molecule has 0 saturated carbocycles. The van der Waals surface area contributed by atoms with Gasteiger partial charge in [-0.2, -0.15) is 11.8 Å². The number of ether oxygens (including phenoxy) is 1. The number of benzene rings is 3. The number of carbonyl (C=O) groups excluding carboxylic acids is 1. The van der Waals surface area contributed by atoms with Crippen molar-refractivity contribution in [3.8, 4) is 17.1 Å². The van der Waals surface area contributed by atoms with Gasteiger partial charge < -0.3 is 19.6 Å². The monoisotopic (exact) mass is 529 g/mol. The van der Waals surface area contributed by atoms with Crippen LogP contribution in [0, 0.1) is 6.92 Å². The van der Waals surface area contributed by atoms with Gasteiger partial charge in [-0.15, -0.1) is 0 Å². The number of rotatable bonds is 12. The summed E-state index contributed by atoms with van der Waals surface area (Å²) in [6.45, 7) is 2.24. The number of carboxylic acids is 1. The van der Waals surface area contributed by atoms with Crippen LogP contribution in [0.1, 0.15) is 39.0 Å². The molecule has 0 aliphatic heterocycles. The molecule has 0 bridgehead atoms. The second kappa shape index (κ2) is 13.0.